The number of likely N-dealkylation sites (tertiary alicyclic amines) is 1. The lowest BCUT2D eigenvalue weighted by molar-refractivity contribution is -0.192. The molecule has 1 unspecified atom stereocenters. The number of hydrogen-bond donors (Lipinski definition) is 3. The Morgan fingerprint density at radius 2 is 1.59 bits per heavy atom. The van der Waals surface area contributed by atoms with Gasteiger partial charge in [0.15, 0.2) is 0 Å². The second-order valence-corrected chi connectivity index (χ2v) is 10.1. The number of nitrogens with one attached hydrogen (secondary N) is 2. The molecule has 0 spiro atoms. The van der Waals surface area contributed by atoms with Gasteiger partial charge in [0.1, 0.15) is 0 Å². The molecule has 32 heavy (non-hydrogen) atoms. The molecule has 0 aliphatic carbocycles. The van der Waals surface area contributed by atoms with Crippen molar-refractivity contribution < 1.29 is 27.9 Å². The van der Waals surface area contributed by atoms with Crippen LogP contribution in [0.2, 0.25) is 0 Å². The van der Waals surface area contributed by atoms with Crippen LogP contribution < -0.4 is 10.6 Å². The van der Waals surface area contributed by atoms with Gasteiger partial charge in [0.25, 0.3) is 0 Å². The van der Waals surface area contributed by atoms with E-state index in [2.05, 4.69) is 69.5 Å². The normalized spacial score (nSPS) is 22.6. The van der Waals surface area contributed by atoms with Gasteiger partial charge in [-0.1, -0.05) is 29.8 Å². The van der Waals surface area contributed by atoms with Crippen LogP contribution in [0.15, 0.2) is 24.3 Å². The van der Waals surface area contributed by atoms with E-state index >= 15 is 0 Å². The molecule has 0 saturated carbocycles. The molecule has 0 aromatic heterocycles. The van der Waals surface area contributed by atoms with Crippen molar-refractivity contribution in [1.82, 2.24) is 15.5 Å². The van der Waals surface area contributed by atoms with E-state index in [9.17, 15) is 18.0 Å². The lowest BCUT2D eigenvalue weighted by Crippen LogP contribution is -2.62. The van der Waals surface area contributed by atoms with Gasteiger partial charge in [0.2, 0.25) is 0 Å². The minimum Gasteiger partial charge on any atom is -0.475 e. The highest BCUT2D eigenvalue weighted by Crippen LogP contribution is 2.30. The number of rotatable bonds is 2. The summed E-state index contributed by atoms with van der Waals surface area (Å²) in [6.07, 6.45) is -2.09. The maximum absolute atomic E-state index is 12.8. The number of aryl methyl sites for hydroxylation is 1. The molecule has 3 rings (SSSR count). The zero-order valence-electron chi connectivity index (χ0n) is 19.3. The molecule has 2 amide bonds. The van der Waals surface area contributed by atoms with E-state index < -0.39 is 12.1 Å². The van der Waals surface area contributed by atoms with Crippen LogP contribution in [0.3, 0.4) is 0 Å². The van der Waals surface area contributed by atoms with Gasteiger partial charge in [-0.3, -0.25) is 0 Å². The van der Waals surface area contributed by atoms with Crippen LogP contribution in [0.5, 0.6) is 0 Å². The van der Waals surface area contributed by atoms with Crippen molar-refractivity contribution in [3.63, 3.8) is 0 Å². The van der Waals surface area contributed by atoms with Gasteiger partial charge < -0.3 is 20.6 Å². The third kappa shape index (κ3) is 7.69. The number of halogens is 3. The van der Waals surface area contributed by atoms with Crippen molar-refractivity contribution in [2.45, 2.75) is 83.1 Å². The number of amides is 2. The second-order valence-electron chi connectivity index (χ2n) is 10.1. The Kier molecular flexibility index (Phi) is 7.86. The SMILES string of the molecule is Cc1ccc(C2CCN(C(=O)NC3CC(C)(C)NC(C)(C)C3)C2)cc1.O=C(O)C(F)(F)F. The van der Waals surface area contributed by atoms with E-state index in [0.29, 0.717) is 5.92 Å². The van der Waals surface area contributed by atoms with E-state index in [1.807, 2.05) is 4.90 Å². The van der Waals surface area contributed by atoms with Gasteiger partial charge in [-0.25, -0.2) is 9.59 Å². The first-order valence-electron chi connectivity index (χ1n) is 10.8. The van der Waals surface area contributed by atoms with E-state index in [0.717, 1.165) is 32.4 Å². The quantitative estimate of drug-likeness (QED) is 0.614. The van der Waals surface area contributed by atoms with Crippen LogP contribution in [0, 0.1) is 6.92 Å². The summed E-state index contributed by atoms with van der Waals surface area (Å²) in [6, 6.07) is 9.08. The summed E-state index contributed by atoms with van der Waals surface area (Å²) < 4.78 is 31.7. The highest BCUT2D eigenvalue weighted by atomic mass is 19.4. The maximum atomic E-state index is 12.8. The minimum atomic E-state index is -5.08. The van der Waals surface area contributed by atoms with Crippen molar-refractivity contribution in [2.75, 3.05) is 13.1 Å². The summed E-state index contributed by atoms with van der Waals surface area (Å²) in [7, 11) is 0. The van der Waals surface area contributed by atoms with E-state index in [-0.39, 0.29) is 23.2 Å². The third-order valence-corrected chi connectivity index (χ3v) is 5.78. The van der Waals surface area contributed by atoms with Gasteiger partial charge in [-0.15, -0.1) is 0 Å². The number of benzene rings is 1. The van der Waals surface area contributed by atoms with Crippen LogP contribution in [-0.2, 0) is 4.79 Å². The number of carbonyl (C=O) groups excluding carboxylic acids is 1. The largest absolute Gasteiger partial charge is 0.490 e. The van der Waals surface area contributed by atoms with Crippen molar-refractivity contribution in [1.29, 1.82) is 0 Å². The fraction of sp³-hybridized carbons (Fsp3) is 0.652. The Hall–Kier alpha value is -2.29. The Balaban J connectivity index is 0.000000451. The standard InChI is InChI=1S/C21H33N3O.C2HF3O2/c1-15-6-8-16(9-7-15)17-10-11-24(14-17)19(25)22-18-12-20(2,3)23-21(4,5)13-18;3-2(4,5)1(6)7/h6-9,17-18,23H,10-14H2,1-5H3,(H,22,25);(H,6,7). The van der Waals surface area contributed by atoms with Gasteiger partial charge in [-0.2, -0.15) is 13.2 Å². The predicted molar refractivity (Wildman–Crippen MR) is 117 cm³/mol. The molecule has 6 nitrogen and oxygen atoms in total. The third-order valence-electron chi connectivity index (χ3n) is 5.78. The number of carbonyl (C=O) groups is 2. The molecule has 2 fully saturated rings. The van der Waals surface area contributed by atoms with Crippen molar-refractivity contribution in [2.24, 2.45) is 0 Å². The smallest absolute Gasteiger partial charge is 0.475 e. The molecule has 1 aromatic rings. The number of alkyl halides is 3. The van der Waals surface area contributed by atoms with E-state index in [1.54, 1.807) is 0 Å². The fourth-order valence-corrected chi connectivity index (χ4v) is 4.75. The number of aliphatic carboxylic acids is 1. The molecule has 1 atom stereocenters. The van der Waals surface area contributed by atoms with Crippen LogP contribution in [0.4, 0.5) is 18.0 Å². The zero-order valence-corrected chi connectivity index (χ0v) is 19.3. The molecular weight excluding hydrogens is 423 g/mol. The molecule has 2 aliphatic heterocycles. The Morgan fingerprint density at radius 1 is 1.09 bits per heavy atom. The van der Waals surface area contributed by atoms with Crippen molar-refractivity contribution >= 4 is 12.0 Å². The first-order chi connectivity index (χ1) is 14.6. The molecule has 2 heterocycles. The molecule has 1 aromatic carbocycles. The lowest BCUT2D eigenvalue weighted by atomic mass is 9.80. The van der Waals surface area contributed by atoms with Crippen LogP contribution >= 0.6 is 0 Å². The molecule has 2 aliphatic rings. The Bertz CT molecular complexity index is 791. The predicted octanol–water partition coefficient (Wildman–Crippen LogP) is 4.44. The molecule has 0 radical (unpaired) electrons. The summed E-state index contributed by atoms with van der Waals surface area (Å²) in [5.41, 5.74) is 2.74. The Morgan fingerprint density at radius 3 is 2.06 bits per heavy atom. The summed E-state index contributed by atoms with van der Waals surface area (Å²) in [5.74, 6) is -2.29. The highest BCUT2D eigenvalue weighted by Gasteiger charge is 2.39. The fourth-order valence-electron chi connectivity index (χ4n) is 4.75. The summed E-state index contributed by atoms with van der Waals surface area (Å²) in [6.45, 7) is 12.7. The Labute approximate surface area is 187 Å². The molecule has 2 saturated heterocycles. The highest BCUT2D eigenvalue weighted by molar-refractivity contribution is 5.75. The van der Waals surface area contributed by atoms with Crippen LogP contribution in [0.1, 0.15) is 64.0 Å². The van der Waals surface area contributed by atoms with Gasteiger partial charge in [0, 0.05) is 36.1 Å². The van der Waals surface area contributed by atoms with Gasteiger partial charge in [-0.05, 0) is 59.4 Å². The topological polar surface area (TPSA) is 81.7 Å². The zero-order chi connectivity index (χ0) is 24.3. The number of carboxylic acid groups (broad SMARTS) is 1. The molecule has 0 bridgehead atoms. The second kappa shape index (κ2) is 9.68. The minimum absolute atomic E-state index is 0.0507. The number of carboxylic acids is 1. The van der Waals surface area contributed by atoms with E-state index in [1.165, 1.54) is 11.1 Å². The van der Waals surface area contributed by atoms with Crippen LogP contribution in [-0.4, -0.2) is 58.4 Å². The summed E-state index contributed by atoms with van der Waals surface area (Å²) >= 11 is 0. The van der Waals surface area contributed by atoms with Gasteiger partial charge in [0.05, 0.1) is 0 Å². The molecule has 9 heteroatoms. The van der Waals surface area contributed by atoms with Crippen LogP contribution in [0.25, 0.3) is 0 Å². The maximum Gasteiger partial charge on any atom is 0.490 e. The first-order valence-corrected chi connectivity index (χ1v) is 10.8. The molecule has 180 valence electrons. The van der Waals surface area contributed by atoms with E-state index in [4.69, 9.17) is 9.90 Å². The average Bonchev–Trinajstić information content (AvgIpc) is 3.09. The number of piperidine rings is 1. The summed E-state index contributed by atoms with van der Waals surface area (Å²) in [4.78, 5) is 23.6. The van der Waals surface area contributed by atoms with Gasteiger partial charge >= 0.3 is 18.2 Å². The number of urea groups is 1. The summed E-state index contributed by atoms with van der Waals surface area (Å²) in [5, 5.41) is 14.1. The molecular formula is C23H34F3N3O3. The molecule has 3 N–H and O–H groups in total. The number of hydrogen-bond acceptors (Lipinski definition) is 3. The lowest BCUT2D eigenvalue weighted by Gasteiger charge is -2.46. The van der Waals surface area contributed by atoms with Crippen molar-refractivity contribution in [3.05, 3.63) is 35.4 Å². The first kappa shape index (κ1) is 26.0. The van der Waals surface area contributed by atoms with Crippen molar-refractivity contribution in [3.8, 4) is 0 Å². The number of nitrogens with zero attached hydrogens (tertiary/aromatic N) is 1. The monoisotopic (exact) mass is 457 g/mol. The average molecular weight is 458 g/mol.